The molecule has 1 amide bonds. The molecule has 7 heteroatoms. The molecular formula is C13H17F3N2O2. The topological polar surface area (TPSA) is 64.4 Å². The molecule has 112 valence electrons. The van der Waals surface area contributed by atoms with Crippen LogP contribution in [0.15, 0.2) is 18.2 Å². The number of amides is 1. The molecule has 0 aliphatic carbocycles. The zero-order valence-corrected chi connectivity index (χ0v) is 11.1. The highest BCUT2D eigenvalue weighted by atomic mass is 19.4. The highest BCUT2D eigenvalue weighted by Gasteiger charge is 2.28. The fourth-order valence-electron chi connectivity index (χ4n) is 1.54. The van der Waals surface area contributed by atoms with Gasteiger partial charge in [-0.25, -0.2) is 0 Å². The molecule has 0 unspecified atom stereocenters. The highest BCUT2D eigenvalue weighted by Crippen LogP contribution is 2.27. The van der Waals surface area contributed by atoms with Crippen molar-refractivity contribution >= 4 is 11.6 Å². The smallest absolute Gasteiger partial charge is 0.422 e. The molecule has 0 aromatic heterocycles. The van der Waals surface area contributed by atoms with E-state index in [1.54, 1.807) is 13.0 Å². The summed E-state index contributed by atoms with van der Waals surface area (Å²) in [7, 11) is 0. The predicted octanol–water partition coefficient (Wildman–Crippen LogP) is 2.61. The Labute approximate surface area is 115 Å². The molecule has 0 saturated carbocycles. The summed E-state index contributed by atoms with van der Waals surface area (Å²) in [6, 6.07) is 4.56. The van der Waals surface area contributed by atoms with Crippen molar-refractivity contribution in [3.63, 3.8) is 0 Å². The molecule has 4 nitrogen and oxygen atoms in total. The van der Waals surface area contributed by atoms with Gasteiger partial charge >= 0.3 is 6.18 Å². The number of anilines is 1. The fraction of sp³-hybridized carbons (Fsp3) is 0.462. The van der Waals surface area contributed by atoms with Crippen LogP contribution in [0.1, 0.15) is 18.4 Å². The quantitative estimate of drug-likeness (QED) is 0.846. The fourth-order valence-corrected chi connectivity index (χ4v) is 1.54. The number of hydrogen-bond acceptors (Lipinski definition) is 3. The Morgan fingerprint density at radius 2 is 2.10 bits per heavy atom. The van der Waals surface area contributed by atoms with Crippen LogP contribution in [0.3, 0.4) is 0 Å². The van der Waals surface area contributed by atoms with E-state index in [1.807, 2.05) is 0 Å². The van der Waals surface area contributed by atoms with E-state index in [4.69, 9.17) is 10.5 Å². The van der Waals surface area contributed by atoms with Crippen LogP contribution >= 0.6 is 0 Å². The molecule has 0 heterocycles. The average Bonchev–Trinajstić information content (AvgIpc) is 2.36. The first-order chi connectivity index (χ1) is 9.33. The van der Waals surface area contributed by atoms with Gasteiger partial charge < -0.3 is 15.8 Å². The monoisotopic (exact) mass is 290 g/mol. The van der Waals surface area contributed by atoms with Crippen LogP contribution in [0.25, 0.3) is 0 Å². The van der Waals surface area contributed by atoms with E-state index in [-0.39, 0.29) is 18.1 Å². The third kappa shape index (κ3) is 5.48. The van der Waals surface area contributed by atoms with E-state index in [1.165, 1.54) is 12.1 Å². The Hall–Kier alpha value is -1.76. The zero-order valence-electron chi connectivity index (χ0n) is 11.1. The summed E-state index contributed by atoms with van der Waals surface area (Å²) in [5.74, 6) is -0.134. The van der Waals surface area contributed by atoms with E-state index < -0.39 is 12.8 Å². The van der Waals surface area contributed by atoms with Crippen molar-refractivity contribution < 1.29 is 22.7 Å². The maximum atomic E-state index is 12.1. The van der Waals surface area contributed by atoms with Crippen LogP contribution in [0.5, 0.6) is 5.75 Å². The average molecular weight is 290 g/mol. The molecule has 1 aromatic carbocycles. The zero-order chi connectivity index (χ0) is 15.2. The molecule has 0 radical (unpaired) electrons. The van der Waals surface area contributed by atoms with Gasteiger partial charge in [-0.2, -0.15) is 13.2 Å². The molecule has 0 spiro atoms. The third-order valence-electron chi connectivity index (χ3n) is 2.56. The van der Waals surface area contributed by atoms with Gasteiger partial charge in [0.25, 0.3) is 0 Å². The lowest BCUT2D eigenvalue weighted by Gasteiger charge is -2.14. The number of carbonyl (C=O) groups is 1. The predicted molar refractivity (Wildman–Crippen MR) is 69.6 cm³/mol. The van der Waals surface area contributed by atoms with E-state index in [9.17, 15) is 18.0 Å². The standard InChI is InChI=1S/C13H17F3N2O2/c1-9-10(18-12(19)6-3-7-17)4-2-5-11(9)20-8-13(14,15)16/h2,4-5H,3,6-8,17H2,1H3,(H,18,19). The van der Waals surface area contributed by atoms with Crippen molar-refractivity contribution in [1.29, 1.82) is 0 Å². The van der Waals surface area contributed by atoms with Crippen LogP contribution in [-0.2, 0) is 4.79 Å². The molecule has 20 heavy (non-hydrogen) atoms. The van der Waals surface area contributed by atoms with Crippen molar-refractivity contribution in [2.45, 2.75) is 25.9 Å². The molecule has 0 saturated heterocycles. The van der Waals surface area contributed by atoms with Gasteiger partial charge in [0.05, 0.1) is 0 Å². The van der Waals surface area contributed by atoms with Crippen LogP contribution in [-0.4, -0.2) is 25.2 Å². The minimum absolute atomic E-state index is 0.0962. The second-order valence-electron chi connectivity index (χ2n) is 4.27. The number of nitrogens with one attached hydrogen (secondary N) is 1. The molecule has 1 rings (SSSR count). The minimum atomic E-state index is -4.40. The minimum Gasteiger partial charge on any atom is -0.484 e. The number of halogens is 3. The molecule has 0 aliphatic heterocycles. The summed E-state index contributed by atoms with van der Waals surface area (Å²) < 4.78 is 41.1. The largest absolute Gasteiger partial charge is 0.484 e. The lowest BCUT2D eigenvalue weighted by atomic mass is 10.1. The number of nitrogens with two attached hydrogens (primary N) is 1. The van der Waals surface area contributed by atoms with E-state index >= 15 is 0 Å². The Morgan fingerprint density at radius 3 is 2.70 bits per heavy atom. The third-order valence-corrected chi connectivity index (χ3v) is 2.56. The Bertz CT molecular complexity index is 461. The second kappa shape index (κ2) is 7.14. The highest BCUT2D eigenvalue weighted by molar-refractivity contribution is 5.91. The normalized spacial score (nSPS) is 11.2. The summed E-state index contributed by atoms with van der Waals surface area (Å²) in [4.78, 5) is 11.6. The maximum absolute atomic E-state index is 12.1. The van der Waals surface area contributed by atoms with Crippen molar-refractivity contribution in [2.75, 3.05) is 18.5 Å². The van der Waals surface area contributed by atoms with Gasteiger partial charge in [-0.15, -0.1) is 0 Å². The number of rotatable bonds is 6. The summed E-state index contributed by atoms with van der Waals surface area (Å²) in [6.45, 7) is 0.629. The number of ether oxygens (including phenoxy) is 1. The molecule has 0 atom stereocenters. The van der Waals surface area contributed by atoms with Gasteiger partial charge in [0, 0.05) is 17.7 Å². The molecule has 0 aliphatic rings. The lowest BCUT2D eigenvalue weighted by molar-refractivity contribution is -0.153. The van der Waals surface area contributed by atoms with Crippen molar-refractivity contribution in [3.8, 4) is 5.75 Å². The van der Waals surface area contributed by atoms with Gasteiger partial charge in [-0.3, -0.25) is 4.79 Å². The van der Waals surface area contributed by atoms with Crippen LogP contribution in [0, 0.1) is 6.92 Å². The maximum Gasteiger partial charge on any atom is 0.422 e. The Morgan fingerprint density at radius 1 is 1.40 bits per heavy atom. The molecular weight excluding hydrogens is 273 g/mol. The van der Waals surface area contributed by atoms with Crippen LogP contribution < -0.4 is 15.8 Å². The SMILES string of the molecule is Cc1c(NC(=O)CCCN)cccc1OCC(F)(F)F. The Balaban J connectivity index is 2.72. The van der Waals surface area contributed by atoms with Crippen LogP contribution in [0.4, 0.5) is 18.9 Å². The van der Waals surface area contributed by atoms with Crippen molar-refractivity contribution in [2.24, 2.45) is 5.73 Å². The van der Waals surface area contributed by atoms with E-state index in [0.717, 1.165) is 0 Å². The Kier molecular flexibility index (Phi) is 5.82. The van der Waals surface area contributed by atoms with E-state index in [0.29, 0.717) is 24.2 Å². The molecule has 3 N–H and O–H groups in total. The second-order valence-corrected chi connectivity index (χ2v) is 4.27. The summed E-state index contributed by atoms with van der Waals surface area (Å²) in [6.07, 6.45) is -3.58. The lowest BCUT2D eigenvalue weighted by Crippen LogP contribution is -2.20. The summed E-state index contributed by atoms with van der Waals surface area (Å²) in [5.41, 5.74) is 6.19. The number of benzene rings is 1. The van der Waals surface area contributed by atoms with Gasteiger partial charge in [0.2, 0.25) is 5.91 Å². The molecule has 0 fully saturated rings. The first-order valence-corrected chi connectivity index (χ1v) is 6.12. The number of alkyl halides is 3. The van der Waals surface area contributed by atoms with Crippen LogP contribution in [0.2, 0.25) is 0 Å². The number of hydrogen-bond donors (Lipinski definition) is 2. The first-order valence-electron chi connectivity index (χ1n) is 6.12. The van der Waals surface area contributed by atoms with E-state index in [2.05, 4.69) is 5.32 Å². The van der Waals surface area contributed by atoms with Crippen molar-refractivity contribution in [3.05, 3.63) is 23.8 Å². The van der Waals surface area contributed by atoms with Gasteiger partial charge in [0.15, 0.2) is 6.61 Å². The van der Waals surface area contributed by atoms with Gasteiger partial charge in [0.1, 0.15) is 5.75 Å². The summed E-state index contributed by atoms with van der Waals surface area (Å²) in [5, 5.41) is 2.63. The molecule has 0 bridgehead atoms. The van der Waals surface area contributed by atoms with Gasteiger partial charge in [-0.05, 0) is 32.0 Å². The molecule has 1 aromatic rings. The first kappa shape index (κ1) is 16.3. The summed E-state index contributed by atoms with van der Waals surface area (Å²) >= 11 is 0. The number of carbonyl (C=O) groups excluding carboxylic acids is 1. The van der Waals surface area contributed by atoms with Crippen molar-refractivity contribution in [1.82, 2.24) is 0 Å². The van der Waals surface area contributed by atoms with Gasteiger partial charge in [-0.1, -0.05) is 6.07 Å².